The lowest BCUT2D eigenvalue weighted by Gasteiger charge is -2.30. The minimum atomic E-state index is 0.451. The van der Waals surface area contributed by atoms with Crippen molar-refractivity contribution >= 4 is 23.1 Å². The average molecular weight is 324 g/mol. The number of nitriles is 1. The molecule has 0 amide bonds. The Bertz CT molecular complexity index is 747. The van der Waals surface area contributed by atoms with Gasteiger partial charge in [-0.05, 0) is 30.5 Å². The molecular formula is C19H18ClN3. The topological polar surface area (TPSA) is 39.4 Å². The Kier molecular flexibility index (Phi) is 4.95. The number of nitrogens with zero attached hydrogens (tertiary/aromatic N) is 3. The van der Waals surface area contributed by atoms with Crippen LogP contribution in [-0.4, -0.2) is 17.3 Å². The summed E-state index contributed by atoms with van der Waals surface area (Å²) in [6.45, 7) is 1.85. The van der Waals surface area contributed by atoms with Crippen LogP contribution >= 0.6 is 11.6 Å². The predicted molar refractivity (Wildman–Crippen MR) is 94.0 cm³/mol. The Morgan fingerprint density at radius 3 is 2.70 bits per heavy atom. The summed E-state index contributed by atoms with van der Waals surface area (Å²) in [5.41, 5.74) is 2.38. The zero-order valence-electron chi connectivity index (χ0n) is 12.9. The first kappa shape index (κ1) is 15.6. The molecule has 3 nitrogen and oxygen atoms in total. The lowest BCUT2D eigenvalue weighted by atomic mass is 10.1. The molecule has 23 heavy (non-hydrogen) atoms. The van der Waals surface area contributed by atoms with Gasteiger partial charge in [0.15, 0.2) is 0 Å². The second kappa shape index (κ2) is 7.30. The molecule has 0 aliphatic carbocycles. The van der Waals surface area contributed by atoms with Gasteiger partial charge in [-0.3, -0.25) is 0 Å². The first-order valence-electron chi connectivity index (χ1n) is 7.83. The van der Waals surface area contributed by atoms with E-state index < -0.39 is 0 Å². The van der Waals surface area contributed by atoms with Crippen molar-refractivity contribution in [3.63, 3.8) is 0 Å². The molecule has 1 fully saturated rings. The smallest absolute Gasteiger partial charge is 0.105 e. The second-order valence-corrected chi connectivity index (χ2v) is 6.05. The van der Waals surface area contributed by atoms with Crippen LogP contribution in [0.2, 0.25) is 5.02 Å². The van der Waals surface area contributed by atoms with Crippen LogP contribution in [0.5, 0.6) is 0 Å². The van der Waals surface area contributed by atoms with Crippen molar-refractivity contribution in [2.24, 2.45) is 4.99 Å². The van der Waals surface area contributed by atoms with Crippen LogP contribution in [0.3, 0.4) is 0 Å². The summed E-state index contributed by atoms with van der Waals surface area (Å²) in [7, 11) is 0. The third kappa shape index (κ3) is 3.72. The fourth-order valence-electron chi connectivity index (χ4n) is 2.83. The first-order chi connectivity index (χ1) is 11.3. The molecule has 1 aliphatic rings. The first-order valence-corrected chi connectivity index (χ1v) is 8.21. The molecule has 0 unspecified atom stereocenters. The van der Waals surface area contributed by atoms with Crippen molar-refractivity contribution in [1.29, 1.82) is 5.26 Å². The van der Waals surface area contributed by atoms with E-state index in [1.165, 1.54) is 12.0 Å². The van der Waals surface area contributed by atoms with E-state index in [0.29, 0.717) is 16.3 Å². The highest BCUT2D eigenvalue weighted by molar-refractivity contribution is 6.32. The highest BCUT2D eigenvalue weighted by atomic mass is 35.5. The van der Waals surface area contributed by atoms with Gasteiger partial charge >= 0.3 is 0 Å². The van der Waals surface area contributed by atoms with E-state index in [0.717, 1.165) is 31.8 Å². The van der Waals surface area contributed by atoms with Gasteiger partial charge in [-0.15, -0.1) is 0 Å². The number of benzene rings is 2. The molecule has 3 rings (SSSR count). The normalized spacial score (nSPS) is 16.3. The molecule has 0 radical (unpaired) electrons. The van der Waals surface area contributed by atoms with Crippen molar-refractivity contribution in [2.75, 3.05) is 6.54 Å². The van der Waals surface area contributed by atoms with Gasteiger partial charge in [0.25, 0.3) is 0 Å². The van der Waals surface area contributed by atoms with E-state index >= 15 is 0 Å². The number of amidine groups is 1. The predicted octanol–water partition coefficient (Wildman–Crippen LogP) is 4.93. The van der Waals surface area contributed by atoms with Crippen molar-refractivity contribution in [3.05, 3.63) is 64.7 Å². The Morgan fingerprint density at radius 1 is 1.09 bits per heavy atom. The number of piperidine rings is 1. The van der Waals surface area contributed by atoms with Crippen LogP contribution in [0, 0.1) is 11.3 Å². The van der Waals surface area contributed by atoms with Gasteiger partial charge in [0.1, 0.15) is 11.9 Å². The molecule has 1 heterocycles. The zero-order valence-corrected chi connectivity index (χ0v) is 13.6. The summed E-state index contributed by atoms with van der Waals surface area (Å²) < 4.78 is 0. The summed E-state index contributed by atoms with van der Waals surface area (Å²) in [6, 6.07) is 18.0. The highest BCUT2D eigenvalue weighted by Crippen LogP contribution is 2.27. The standard InChI is InChI=1S/C19H18ClN3/c20-17-9-6-10-18(16(17)13-21)22-19-11-4-5-12-23(19)14-15-7-2-1-3-8-15/h1-3,6-10H,4-5,11-12,14H2/b22-19+. The van der Waals surface area contributed by atoms with Gasteiger partial charge < -0.3 is 4.90 Å². The number of aliphatic imine (C=N–C) groups is 1. The quantitative estimate of drug-likeness (QED) is 0.803. The minimum Gasteiger partial charge on any atom is -0.356 e. The van der Waals surface area contributed by atoms with Gasteiger partial charge in [-0.2, -0.15) is 5.26 Å². The second-order valence-electron chi connectivity index (χ2n) is 5.64. The molecule has 1 aliphatic heterocycles. The molecule has 0 saturated carbocycles. The molecule has 0 N–H and O–H groups in total. The summed E-state index contributed by atoms with van der Waals surface area (Å²) in [4.78, 5) is 7.07. The Balaban J connectivity index is 1.90. The van der Waals surface area contributed by atoms with Gasteiger partial charge in [-0.1, -0.05) is 48.0 Å². The minimum absolute atomic E-state index is 0.451. The summed E-state index contributed by atoms with van der Waals surface area (Å²) in [5, 5.41) is 9.77. The molecule has 1 saturated heterocycles. The van der Waals surface area contributed by atoms with Crippen LogP contribution in [0.25, 0.3) is 0 Å². The van der Waals surface area contributed by atoms with E-state index in [-0.39, 0.29) is 0 Å². The maximum absolute atomic E-state index is 9.31. The lowest BCUT2D eigenvalue weighted by Crippen LogP contribution is -2.34. The monoisotopic (exact) mass is 323 g/mol. The summed E-state index contributed by atoms with van der Waals surface area (Å²) in [6.07, 6.45) is 3.24. The Morgan fingerprint density at radius 2 is 1.91 bits per heavy atom. The fourth-order valence-corrected chi connectivity index (χ4v) is 3.04. The van der Waals surface area contributed by atoms with E-state index in [1.54, 1.807) is 6.07 Å². The van der Waals surface area contributed by atoms with Crippen LogP contribution in [0.4, 0.5) is 5.69 Å². The van der Waals surface area contributed by atoms with Crippen molar-refractivity contribution in [2.45, 2.75) is 25.8 Å². The van der Waals surface area contributed by atoms with Gasteiger partial charge in [0.05, 0.1) is 16.3 Å². The SMILES string of the molecule is N#Cc1c(Cl)cccc1/N=C1\CCCCN1Cc1ccccc1. The van der Waals surface area contributed by atoms with E-state index in [2.05, 4.69) is 35.2 Å². The Hall–Kier alpha value is -2.31. The molecular weight excluding hydrogens is 306 g/mol. The van der Waals surface area contributed by atoms with E-state index in [4.69, 9.17) is 16.6 Å². The molecule has 4 heteroatoms. The van der Waals surface area contributed by atoms with Crippen molar-refractivity contribution < 1.29 is 0 Å². The molecule has 2 aromatic rings. The number of halogens is 1. The van der Waals surface area contributed by atoms with Gasteiger partial charge in [0, 0.05) is 19.5 Å². The summed E-state index contributed by atoms with van der Waals surface area (Å²) >= 11 is 6.11. The number of likely N-dealkylation sites (tertiary alicyclic amines) is 1. The van der Waals surface area contributed by atoms with Crippen LogP contribution in [0.15, 0.2) is 53.5 Å². The lowest BCUT2D eigenvalue weighted by molar-refractivity contribution is 0.364. The van der Waals surface area contributed by atoms with Crippen molar-refractivity contribution in [1.82, 2.24) is 4.90 Å². The Labute approximate surface area is 141 Å². The fraction of sp³-hybridized carbons (Fsp3) is 0.263. The molecule has 2 aromatic carbocycles. The average Bonchev–Trinajstić information content (AvgIpc) is 2.58. The maximum Gasteiger partial charge on any atom is 0.105 e. The van der Waals surface area contributed by atoms with E-state index in [9.17, 15) is 5.26 Å². The molecule has 0 bridgehead atoms. The van der Waals surface area contributed by atoms with Crippen LogP contribution < -0.4 is 0 Å². The van der Waals surface area contributed by atoms with Gasteiger partial charge in [-0.25, -0.2) is 4.99 Å². The largest absolute Gasteiger partial charge is 0.356 e. The van der Waals surface area contributed by atoms with Crippen LogP contribution in [-0.2, 0) is 6.54 Å². The molecule has 0 aromatic heterocycles. The molecule has 116 valence electrons. The van der Waals surface area contributed by atoms with Gasteiger partial charge in [0.2, 0.25) is 0 Å². The summed E-state index contributed by atoms with van der Waals surface area (Å²) in [5.74, 6) is 1.04. The maximum atomic E-state index is 9.31. The van der Waals surface area contributed by atoms with E-state index in [1.807, 2.05) is 18.2 Å². The molecule has 0 spiro atoms. The molecule has 0 atom stereocenters. The third-order valence-corrected chi connectivity index (χ3v) is 4.33. The highest BCUT2D eigenvalue weighted by Gasteiger charge is 2.17. The number of hydrogen-bond donors (Lipinski definition) is 0. The number of rotatable bonds is 3. The zero-order chi connectivity index (χ0) is 16.1. The third-order valence-electron chi connectivity index (χ3n) is 4.01. The van der Waals surface area contributed by atoms with Crippen LogP contribution in [0.1, 0.15) is 30.4 Å². The number of hydrogen-bond acceptors (Lipinski definition) is 2. The van der Waals surface area contributed by atoms with Crippen molar-refractivity contribution in [3.8, 4) is 6.07 Å².